The number of nitrogens with zero attached hydrogens (tertiary/aromatic N) is 3. The van der Waals surface area contributed by atoms with E-state index in [9.17, 15) is 23.1 Å². The van der Waals surface area contributed by atoms with E-state index in [4.69, 9.17) is 0 Å². The largest absolute Gasteiger partial charge is 0.493 e. The van der Waals surface area contributed by atoms with Crippen LogP contribution < -0.4 is 15.6 Å². The number of sulfonamides is 1. The van der Waals surface area contributed by atoms with Crippen molar-refractivity contribution < 1.29 is 18.3 Å². The molecular weight excluding hydrogens is 456 g/mol. The fraction of sp³-hybridized carbons (Fsp3) is 0.211. The monoisotopic (exact) mass is 476 g/mol. The van der Waals surface area contributed by atoms with Crippen LogP contribution in [0.15, 0.2) is 51.2 Å². The van der Waals surface area contributed by atoms with E-state index >= 15 is 0 Å². The van der Waals surface area contributed by atoms with Gasteiger partial charge in [-0.3, -0.25) is 9.59 Å². The van der Waals surface area contributed by atoms with Crippen molar-refractivity contribution in [2.75, 3.05) is 10.0 Å². The molecule has 1 aromatic carbocycles. The van der Waals surface area contributed by atoms with Crippen LogP contribution in [0.3, 0.4) is 0 Å². The molecule has 0 radical (unpaired) electrons. The number of anilines is 2. The number of aromatic nitrogens is 4. The van der Waals surface area contributed by atoms with Crippen molar-refractivity contribution in [3.05, 3.63) is 58.1 Å². The Balaban J connectivity index is 1.66. The van der Waals surface area contributed by atoms with Crippen molar-refractivity contribution in [3.8, 4) is 5.88 Å². The van der Waals surface area contributed by atoms with Crippen LogP contribution in [0.25, 0.3) is 0 Å². The van der Waals surface area contributed by atoms with Gasteiger partial charge in [0.15, 0.2) is 5.16 Å². The third-order valence-electron chi connectivity index (χ3n) is 4.00. The second kappa shape index (κ2) is 9.36. The molecule has 0 aliphatic rings. The Kier molecular flexibility index (Phi) is 6.79. The fourth-order valence-corrected chi connectivity index (χ4v) is 4.36. The summed E-state index contributed by atoms with van der Waals surface area (Å²) < 4.78 is 27.5. The highest BCUT2D eigenvalue weighted by molar-refractivity contribution is 8.00. The van der Waals surface area contributed by atoms with Crippen LogP contribution in [0.5, 0.6) is 5.88 Å². The van der Waals surface area contributed by atoms with Crippen molar-refractivity contribution in [3.63, 3.8) is 0 Å². The minimum Gasteiger partial charge on any atom is -0.493 e. The zero-order chi connectivity index (χ0) is 23.5. The second-order valence-corrected chi connectivity index (χ2v) is 9.77. The van der Waals surface area contributed by atoms with Crippen molar-refractivity contribution in [2.45, 2.75) is 36.1 Å². The first kappa shape index (κ1) is 23.2. The van der Waals surface area contributed by atoms with Gasteiger partial charge in [-0.2, -0.15) is 4.98 Å². The first-order valence-corrected chi connectivity index (χ1v) is 11.6. The van der Waals surface area contributed by atoms with Gasteiger partial charge in [-0.1, -0.05) is 11.8 Å². The number of aromatic amines is 1. The van der Waals surface area contributed by atoms with Gasteiger partial charge >= 0.3 is 0 Å². The van der Waals surface area contributed by atoms with E-state index in [2.05, 4.69) is 30.0 Å². The van der Waals surface area contributed by atoms with E-state index in [1.165, 1.54) is 24.3 Å². The van der Waals surface area contributed by atoms with Gasteiger partial charge in [-0.05, 0) is 51.1 Å². The minimum atomic E-state index is -3.91. The van der Waals surface area contributed by atoms with Crippen LogP contribution in [0.1, 0.15) is 18.3 Å². The molecule has 13 heteroatoms. The highest BCUT2D eigenvalue weighted by Crippen LogP contribution is 2.22. The SMILES string of the molecule is Cc1cc(C)nc(NS(=O)(=O)c2ccc(NC(=O)C(C)Sc3nc(O)cc(=O)[nH]3)cc2)n1. The van der Waals surface area contributed by atoms with Crippen molar-refractivity contribution in [1.29, 1.82) is 0 Å². The molecule has 11 nitrogen and oxygen atoms in total. The number of carbonyl (C=O) groups excluding carboxylic acids is 1. The molecule has 0 aliphatic heterocycles. The summed E-state index contributed by atoms with van der Waals surface area (Å²) >= 11 is 0.952. The zero-order valence-electron chi connectivity index (χ0n) is 17.3. The summed E-state index contributed by atoms with van der Waals surface area (Å²) in [6, 6.07) is 8.22. The van der Waals surface area contributed by atoms with E-state index in [-0.39, 0.29) is 16.0 Å². The first-order chi connectivity index (χ1) is 15.0. The zero-order valence-corrected chi connectivity index (χ0v) is 18.9. The van der Waals surface area contributed by atoms with E-state index in [0.29, 0.717) is 17.1 Å². The smallest absolute Gasteiger partial charge is 0.264 e. The molecule has 0 saturated carbocycles. The van der Waals surface area contributed by atoms with Gasteiger partial charge in [0.05, 0.1) is 16.2 Å². The number of aromatic hydroxyl groups is 1. The second-order valence-electron chi connectivity index (χ2n) is 6.76. The molecule has 168 valence electrons. The quantitative estimate of drug-likeness (QED) is 0.294. The number of thioether (sulfide) groups is 1. The number of hydrogen-bond donors (Lipinski definition) is 4. The Morgan fingerprint density at radius 2 is 1.72 bits per heavy atom. The molecule has 1 atom stereocenters. The Morgan fingerprint density at radius 3 is 2.31 bits per heavy atom. The fourth-order valence-electron chi connectivity index (χ4n) is 2.61. The van der Waals surface area contributed by atoms with Gasteiger partial charge < -0.3 is 15.4 Å². The molecular formula is C19H20N6O5S2. The first-order valence-electron chi connectivity index (χ1n) is 9.25. The summed E-state index contributed by atoms with van der Waals surface area (Å²) in [7, 11) is -3.91. The Bertz CT molecular complexity index is 1290. The van der Waals surface area contributed by atoms with Gasteiger partial charge in [-0.25, -0.2) is 23.1 Å². The van der Waals surface area contributed by atoms with Gasteiger partial charge in [0.2, 0.25) is 17.7 Å². The third kappa shape index (κ3) is 6.04. The van der Waals surface area contributed by atoms with Crippen molar-refractivity contribution in [2.24, 2.45) is 0 Å². The molecule has 32 heavy (non-hydrogen) atoms. The lowest BCUT2D eigenvalue weighted by Gasteiger charge is -2.12. The van der Waals surface area contributed by atoms with Crippen LogP contribution in [0.4, 0.5) is 11.6 Å². The summed E-state index contributed by atoms with van der Waals surface area (Å²) in [5.41, 5.74) is 1.10. The average molecular weight is 477 g/mol. The molecule has 0 bridgehead atoms. The van der Waals surface area contributed by atoms with E-state index in [0.717, 1.165) is 17.8 Å². The molecule has 2 heterocycles. The highest BCUT2D eigenvalue weighted by Gasteiger charge is 2.19. The Hall–Kier alpha value is -3.45. The summed E-state index contributed by atoms with van der Waals surface area (Å²) in [4.78, 5) is 38.1. The number of H-pyrrole nitrogens is 1. The van der Waals surface area contributed by atoms with Crippen LogP contribution in [0, 0.1) is 13.8 Å². The van der Waals surface area contributed by atoms with Gasteiger partial charge in [0.25, 0.3) is 15.6 Å². The van der Waals surface area contributed by atoms with E-state index < -0.39 is 32.6 Å². The van der Waals surface area contributed by atoms with E-state index in [1.54, 1.807) is 26.8 Å². The number of aryl methyl sites for hydroxylation is 2. The number of benzene rings is 1. The Labute approximate surface area is 187 Å². The molecule has 0 fully saturated rings. The van der Waals surface area contributed by atoms with Gasteiger partial charge in [-0.15, -0.1) is 0 Å². The summed E-state index contributed by atoms with van der Waals surface area (Å²) in [5, 5.41) is 11.5. The minimum absolute atomic E-state index is 0.0238. The maximum atomic E-state index is 12.6. The number of amides is 1. The third-order valence-corrected chi connectivity index (χ3v) is 6.33. The van der Waals surface area contributed by atoms with Gasteiger partial charge in [0.1, 0.15) is 0 Å². The lowest BCUT2D eigenvalue weighted by molar-refractivity contribution is -0.115. The molecule has 0 saturated heterocycles. The molecule has 2 aromatic heterocycles. The molecule has 1 amide bonds. The van der Waals surface area contributed by atoms with Crippen LogP contribution in [-0.4, -0.2) is 44.6 Å². The number of rotatable bonds is 7. The van der Waals surface area contributed by atoms with E-state index in [1.807, 2.05) is 0 Å². The lowest BCUT2D eigenvalue weighted by atomic mass is 10.3. The number of carbonyl (C=O) groups is 1. The summed E-state index contributed by atoms with van der Waals surface area (Å²) in [6.07, 6.45) is 0. The van der Waals surface area contributed by atoms with Crippen molar-refractivity contribution in [1.82, 2.24) is 19.9 Å². The molecule has 0 spiro atoms. The lowest BCUT2D eigenvalue weighted by Crippen LogP contribution is -2.23. The molecule has 4 N–H and O–H groups in total. The predicted molar refractivity (Wildman–Crippen MR) is 119 cm³/mol. The molecule has 1 unspecified atom stereocenters. The number of nitrogens with one attached hydrogen (secondary N) is 3. The number of hydrogen-bond acceptors (Lipinski definition) is 9. The van der Waals surface area contributed by atoms with Crippen LogP contribution in [-0.2, 0) is 14.8 Å². The van der Waals surface area contributed by atoms with Crippen LogP contribution >= 0.6 is 11.8 Å². The summed E-state index contributed by atoms with van der Waals surface area (Å²) in [6.45, 7) is 5.06. The topological polar surface area (TPSA) is 167 Å². The standard InChI is InChI=1S/C19H20N6O5S2/c1-10-8-11(2)21-18(20-10)25-32(29,30)14-6-4-13(5-7-14)22-17(28)12(3)31-19-23-15(26)9-16(27)24-19/h4-9,12H,1-3H3,(H,22,28)(H,20,21,25)(H2,23,24,26,27). The maximum absolute atomic E-state index is 12.6. The van der Waals surface area contributed by atoms with Gasteiger partial charge in [0, 0.05) is 17.1 Å². The van der Waals surface area contributed by atoms with Crippen LogP contribution in [0.2, 0.25) is 0 Å². The average Bonchev–Trinajstić information content (AvgIpc) is 2.66. The predicted octanol–water partition coefficient (Wildman–Crippen LogP) is 1.80. The normalized spacial score (nSPS) is 12.2. The van der Waals surface area contributed by atoms with Crippen molar-refractivity contribution >= 4 is 39.3 Å². The Morgan fingerprint density at radius 1 is 1.09 bits per heavy atom. The molecule has 3 rings (SSSR count). The maximum Gasteiger partial charge on any atom is 0.264 e. The molecule has 0 aliphatic carbocycles. The molecule has 3 aromatic rings. The highest BCUT2D eigenvalue weighted by atomic mass is 32.2. The summed E-state index contributed by atoms with van der Waals surface area (Å²) in [5.74, 6) is -0.872.